The number of furan rings is 1. The minimum Gasteiger partial charge on any atom is -0.461 e. The van der Waals surface area contributed by atoms with Gasteiger partial charge in [-0.1, -0.05) is 19.4 Å². The second-order valence-corrected chi connectivity index (χ2v) is 7.86. The summed E-state index contributed by atoms with van der Waals surface area (Å²) in [5.74, 6) is -0.312. The first-order valence-electron chi connectivity index (χ1n) is 10.1. The van der Waals surface area contributed by atoms with E-state index in [9.17, 15) is 19.7 Å². The molecule has 2 fully saturated rings. The van der Waals surface area contributed by atoms with Gasteiger partial charge in [0.2, 0.25) is 11.8 Å². The summed E-state index contributed by atoms with van der Waals surface area (Å²) in [5, 5.41) is 20.0. The molecule has 0 bridgehead atoms. The zero-order valence-corrected chi connectivity index (χ0v) is 16.3. The molecule has 1 aliphatic carbocycles. The molecule has 3 heterocycles. The van der Waals surface area contributed by atoms with E-state index >= 15 is 0 Å². The number of likely N-dealkylation sites (tertiary alicyclic amines) is 1. The summed E-state index contributed by atoms with van der Waals surface area (Å²) >= 11 is 0. The van der Waals surface area contributed by atoms with Crippen LogP contribution in [0.1, 0.15) is 57.2 Å². The molecule has 8 heteroatoms. The molecule has 1 aromatic heterocycles. The molecule has 4 atom stereocenters. The van der Waals surface area contributed by atoms with Crippen molar-refractivity contribution in [2.45, 2.75) is 52.2 Å². The van der Waals surface area contributed by atoms with Gasteiger partial charge in [-0.05, 0) is 49.2 Å². The van der Waals surface area contributed by atoms with Crippen molar-refractivity contribution < 1.29 is 28.8 Å². The number of imide groups is 1. The predicted molar refractivity (Wildman–Crippen MR) is 100 cm³/mol. The Morgan fingerprint density at radius 3 is 2.64 bits per heavy atom. The maximum absolute atomic E-state index is 13.1. The van der Waals surface area contributed by atoms with Gasteiger partial charge in [-0.25, -0.2) is 0 Å². The van der Waals surface area contributed by atoms with Gasteiger partial charge in [-0.3, -0.25) is 14.5 Å². The number of carbonyl (C=O) groups is 2. The summed E-state index contributed by atoms with van der Waals surface area (Å²) in [6.07, 6.45) is 1.90. The molecule has 2 N–H and O–H groups in total. The number of allylic oxidation sites excluding steroid dienone is 2. The molecule has 0 saturated carbocycles. The van der Waals surface area contributed by atoms with E-state index < -0.39 is 19.1 Å². The summed E-state index contributed by atoms with van der Waals surface area (Å²) in [6, 6.07) is 3.40. The maximum atomic E-state index is 13.1. The summed E-state index contributed by atoms with van der Waals surface area (Å²) in [4.78, 5) is 27.4. The molecule has 2 saturated heterocycles. The highest BCUT2D eigenvalue weighted by atomic mass is 16.5. The third-order valence-corrected chi connectivity index (χ3v) is 6.33. The number of fused-ring (bicyclic) bond motifs is 3. The van der Waals surface area contributed by atoms with E-state index in [4.69, 9.17) is 9.07 Å². The fraction of sp³-hybridized carbons (Fsp3) is 0.600. The molecular weight excluding hydrogens is 361 g/mol. The third kappa shape index (κ3) is 2.94. The molecule has 4 rings (SSSR count). The van der Waals surface area contributed by atoms with Gasteiger partial charge in [-0.2, -0.15) is 0 Å². The van der Waals surface area contributed by atoms with Crippen LogP contribution in [0.15, 0.2) is 27.6 Å². The first kappa shape index (κ1) is 19.4. The van der Waals surface area contributed by atoms with Crippen LogP contribution < -0.4 is 0 Å². The van der Waals surface area contributed by atoms with Crippen LogP contribution in [-0.4, -0.2) is 40.5 Å². The average Bonchev–Trinajstić information content (AvgIpc) is 3.26. The van der Waals surface area contributed by atoms with Gasteiger partial charge in [0.25, 0.3) is 0 Å². The van der Waals surface area contributed by atoms with Gasteiger partial charge >= 0.3 is 7.12 Å². The second kappa shape index (κ2) is 7.50. The summed E-state index contributed by atoms with van der Waals surface area (Å²) in [6.45, 7) is 4.18. The average molecular weight is 387 g/mol. The zero-order chi connectivity index (χ0) is 20.0. The molecule has 0 spiro atoms. The summed E-state index contributed by atoms with van der Waals surface area (Å²) in [5.41, 5.74) is 1.79. The minimum atomic E-state index is -1.12. The van der Waals surface area contributed by atoms with Crippen LogP contribution in [0.25, 0.3) is 0 Å². The van der Waals surface area contributed by atoms with Crippen molar-refractivity contribution in [3.05, 3.63) is 34.7 Å². The van der Waals surface area contributed by atoms with Crippen LogP contribution in [0.2, 0.25) is 0 Å². The Hall–Kier alpha value is -1.90. The lowest BCUT2D eigenvalue weighted by Crippen LogP contribution is -2.44. The van der Waals surface area contributed by atoms with E-state index in [1.165, 1.54) is 4.90 Å². The van der Waals surface area contributed by atoms with Crippen LogP contribution in [0, 0.1) is 17.8 Å². The first-order chi connectivity index (χ1) is 13.5. The number of aliphatic hydroxyl groups excluding tert-OH is 1. The predicted octanol–water partition coefficient (Wildman–Crippen LogP) is 1.99. The Morgan fingerprint density at radius 2 is 2.00 bits per heavy atom. The van der Waals surface area contributed by atoms with Gasteiger partial charge < -0.3 is 19.2 Å². The van der Waals surface area contributed by atoms with Crippen LogP contribution in [0.3, 0.4) is 0 Å². The maximum Gasteiger partial charge on any atom is 0.487 e. The van der Waals surface area contributed by atoms with Crippen LogP contribution in [-0.2, 0) is 20.9 Å². The lowest BCUT2D eigenvalue weighted by molar-refractivity contribution is -0.140. The van der Waals surface area contributed by atoms with Crippen molar-refractivity contribution in [2.24, 2.45) is 17.8 Å². The van der Waals surface area contributed by atoms with Crippen LogP contribution in [0.4, 0.5) is 0 Å². The molecular formula is C20H26BNO6. The highest BCUT2D eigenvalue weighted by Crippen LogP contribution is 2.51. The number of hydrogen-bond donors (Lipinski definition) is 2. The normalized spacial score (nSPS) is 30.1. The van der Waals surface area contributed by atoms with E-state index in [-0.39, 0.29) is 30.3 Å². The topological polar surface area (TPSA) is 100 Å². The van der Waals surface area contributed by atoms with E-state index in [2.05, 4.69) is 0 Å². The number of amides is 2. The molecule has 7 nitrogen and oxygen atoms in total. The Balaban J connectivity index is 1.70. The van der Waals surface area contributed by atoms with Gasteiger partial charge in [0.1, 0.15) is 24.2 Å². The molecule has 150 valence electrons. The highest BCUT2D eigenvalue weighted by Gasteiger charge is 2.57. The molecule has 0 aromatic carbocycles. The van der Waals surface area contributed by atoms with Crippen molar-refractivity contribution in [1.29, 1.82) is 0 Å². The third-order valence-electron chi connectivity index (χ3n) is 6.33. The van der Waals surface area contributed by atoms with Gasteiger partial charge in [0.15, 0.2) is 0 Å². The second-order valence-electron chi connectivity index (χ2n) is 7.86. The largest absolute Gasteiger partial charge is 0.487 e. The van der Waals surface area contributed by atoms with E-state index in [0.717, 1.165) is 17.5 Å². The fourth-order valence-electron chi connectivity index (χ4n) is 5.09. The summed E-state index contributed by atoms with van der Waals surface area (Å²) < 4.78 is 11.4. The first-order valence-corrected chi connectivity index (χ1v) is 10.1. The number of aliphatic hydroxyl groups is 1. The van der Waals surface area contributed by atoms with Gasteiger partial charge in [-0.15, -0.1) is 0 Å². The van der Waals surface area contributed by atoms with Crippen LogP contribution >= 0.6 is 0 Å². The molecule has 0 unspecified atom stereocenters. The molecule has 1 aromatic rings. The molecule has 2 amide bonds. The molecule has 0 radical (unpaired) electrons. The number of carbonyl (C=O) groups excluding carboxylic acids is 2. The van der Waals surface area contributed by atoms with Crippen molar-refractivity contribution in [2.75, 3.05) is 6.54 Å². The molecule has 2 aliphatic heterocycles. The van der Waals surface area contributed by atoms with Crippen LogP contribution in [0.5, 0.6) is 0 Å². The number of rotatable bonds is 5. The Bertz CT molecular complexity index is 817. The standard InChI is InChI=1S/C20H26BNO6/c1-3-7-22-19(24)14-8-11(4-2)18-13(17(14)20(22)25)9-16(28-21(18)26)15-6-5-12(10-23)27-15/h5-6,13-14,16-17,23,26H,3-4,7-10H2,1-2H3/t13-,14-,16-,17+/m0/s1. The zero-order valence-electron chi connectivity index (χ0n) is 16.3. The molecule has 3 aliphatic rings. The lowest BCUT2D eigenvalue weighted by atomic mass is 9.55. The van der Waals surface area contributed by atoms with E-state index in [1.807, 2.05) is 13.8 Å². The van der Waals surface area contributed by atoms with Gasteiger partial charge in [0, 0.05) is 6.54 Å². The molecule has 28 heavy (non-hydrogen) atoms. The van der Waals surface area contributed by atoms with Crippen molar-refractivity contribution in [1.82, 2.24) is 4.90 Å². The van der Waals surface area contributed by atoms with Crippen molar-refractivity contribution >= 4 is 18.9 Å². The highest BCUT2D eigenvalue weighted by molar-refractivity contribution is 6.53. The van der Waals surface area contributed by atoms with Crippen molar-refractivity contribution in [3.8, 4) is 0 Å². The van der Waals surface area contributed by atoms with E-state index in [1.54, 1.807) is 12.1 Å². The Morgan fingerprint density at radius 1 is 1.21 bits per heavy atom. The van der Waals surface area contributed by atoms with E-state index in [0.29, 0.717) is 37.3 Å². The monoisotopic (exact) mass is 387 g/mol. The van der Waals surface area contributed by atoms with Gasteiger partial charge in [0.05, 0.1) is 11.8 Å². The number of nitrogens with zero attached hydrogens (tertiary/aromatic N) is 1. The minimum absolute atomic E-state index is 0.0834. The van der Waals surface area contributed by atoms with Crippen molar-refractivity contribution in [3.63, 3.8) is 0 Å². The Kier molecular flexibility index (Phi) is 5.20. The smallest absolute Gasteiger partial charge is 0.461 e. The number of hydrogen-bond acceptors (Lipinski definition) is 6. The SMILES string of the molecule is CCCN1C(=O)[C@H]2[C@H](CC(CC)=C3B(O)O[C@H](c4ccc(CO)o4)C[C@H]32)C1=O. The fourth-order valence-corrected chi connectivity index (χ4v) is 5.09. The summed E-state index contributed by atoms with van der Waals surface area (Å²) in [7, 11) is -1.12. The Labute approximate surface area is 164 Å². The quantitative estimate of drug-likeness (QED) is 0.592. The lowest BCUT2D eigenvalue weighted by Gasteiger charge is -2.41.